The maximum atomic E-state index is 5.35. The minimum absolute atomic E-state index is 0.601. The molecule has 1 fully saturated rings. The fourth-order valence-electron chi connectivity index (χ4n) is 2.94. The molecule has 3 N–H and O–H groups in total. The molecule has 0 bridgehead atoms. The van der Waals surface area contributed by atoms with Crippen molar-refractivity contribution in [1.82, 2.24) is 10.7 Å². The van der Waals surface area contributed by atoms with Crippen molar-refractivity contribution in [3.63, 3.8) is 0 Å². The van der Waals surface area contributed by atoms with E-state index in [1.165, 1.54) is 11.1 Å². The third kappa shape index (κ3) is 4.03. The summed E-state index contributed by atoms with van der Waals surface area (Å²) in [6, 6.07) is 8.43. The maximum Gasteiger partial charge on any atom is 0.187 e. The van der Waals surface area contributed by atoms with Crippen molar-refractivity contribution >= 4 is 23.0 Å². The number of hydrazone groups is 1. The molecule has 22 heavy (non-hydrogen) atoms. The molecule has 6 heteroatoms. The van der Waals surface area contributed by atoms with Crippen LogP contribution >= 0.6 is 12.2 Å². The number of ether oxygens (including phenoxy) is 1. The van der Waals surface area contributed by atoms with Crippen LogP contribution in [0.2, 0.25) is 0 Å². The minimum Gasteiger partial charge on any atom is -0.370 e. The minimum atomic E-state index is 0.601. The number of aryl methyl sites for hydroxylation is 1. The lowest BCUT2D eigenvalue weighted by Gasteiger charge is -2.23. The van der Waals surface area contributed by atoms with Gasteiger partial charge in [-0.1, -0.05) is 24.3 Å². The van der Waals surface area contributed by atoms with Gasteiger partial charge in [0, 0.05) is 5.56 Å². The van der Waals surface area contributed by atoms with Gasteiger partial charge >= 0.3 is 0 Å². The van der Waals surface area contributed by atoms with Crippen molar-refractivity contribution in [1.29, 1.82) is 0 Å². The van der Waals surface area contributed by atoms with Crippen LogP contribution in [0.5, 0.6) is 0 Å². The van der Waals surface area contributed by atoms with Gasteiger partial charge in [0.2, 0.25) is 0 Å². The number of benzene rings is 1. The van der Waals surface area contributed by atoms with Crippen LogP contribution in [0.1, 0.15) is 17.5 Å². The second kappa shape index (κ2) is 7.67. The number of fused-ring (bicyclic) bond motifs is 1. The van der Waals surface area contributed by atoms with Crippen LogP contribution in [0.25, 0.3) is 0 Å². The Hall–Kier alpha value is -1.50. The van der Waals surface area contributed by atoms with Gasteiger partial charge in [0.15, 0.2) is 5.11 Å². The summed E-state index contributed by atoms with van der Waals surface area (Å²) in [5, 5.41) is 8.30. The first-order valence-corrected chi connectivity index (χ1v) is 8.34. The van der Waals surface area contributed by atoms with Crippen LogP contribution in [0, 0.1) is 0 Å². The summed E-state index contributed by atoms with van der Waals surface area (Å²) in [6.07, 6.45) is 2.05. The first kappa shape index (κ1) is 15.4. The summed E-state index contributed by atoms with van der Waals surface area (Å²) in [7, 11) is 0. The zero-order chi connectivity index (χ0) is 15.2. The molecule has 2 aliphatic rings. The molecule has 0 radical (unpaired) electrons. The summed E-state index contributed by atoms with van der Waals surface area (Å²) >= 11 is 5.29. The topological polar surface area (TPSA) is 50.1 Å². The van der Waals surface area contributed by atoms with Crippen molar-refractivity contribution in [3.05, 3.63) is 35.4 Å². The van der Waals surface area contributed by atoms with Crippen LogP contribution < -0.4 is 15.6 Å². The van der Waals surface area contributed by atoms with E-state index in [9.17, 15) is 0 Å². The first-order valence-electron chi connectivity index (χ1n) is 7.93. The smallest absolute Gasteiger partial charge is 0.187 e. The number of morpholine rings is 1. The Morgan fingerprint density at radius 1 is 1.23 bits per heavy atom. The molecular formula is C16H23N4OS+. The molecule has 1 aliphatic carbocycles. The molecule has 0 saturated carbocycles. The van der Waals surface area contributed by atoms with Gasteiger partial charge in [-0.05, 0) is 30.6 Å². The lowest BCUT2D eigenvalue weighted by molar-refractivity contribution is -0.906. The van der Waals surface area contributed by atoms with E-state index >= 15 is 0 Å². The third-order valence-corrected chi connectivity index (χ3v) is 4.45. The SMILES string of the molecule is S=C(NCC[NH+]1CCOCC1)N/N=C1/CCc2ccccc21. The highest BCUT2D eigenvalue weighted by Gasteiger charge is 2.17. The lowest BCUT2D eigenvalue weighted by atomic mass is 10.1. The largest absolute Gasteiger partial charge is 0.370 e. The highest BCUT2D eigenvalue weighted by Crippen LogP contribution is 2.21. The quantitative estimate of drug-likeness (QED) is 0.528. The Bertz CT molecular complexity index is 555. The van der Waals surface area contributed by atoms with E-state index in [-0.39, 0.29) is 0 Å². The summed E-state index contributed by atoms with van der Waals surface area (Å²) in [5.74, 6) is 0. The third-order valence-electron chi connectivity index (χ3n) is 4.22. The number of thiocarbonyl (C=S) groups is 1. The summed E-state index contributed by atoms with van der Waals surface area (Å²) in [5.41, 5.74) is 6.69. The Morgan fingerprint density at radius 2 is 2.05 bits per heavy atom. The second-order valence-corrected chi connectivity index (χ2v) is 6.10. The van der Waals surface area contributed by atoms with Gasteiger partial charge in [0.1, 0.15) is 13.1 Å². The Balaban J connectivity index is 1.42. The van der Waals surface area contributed by atoms with Gasteiger partial charge in [0.25, 0.3) is 0 Å². The molecule has 1 heterocycles. The maximum absolute atomic E-state index is 5.35. The van der Waals surface area contributed by atoms with E-state index in [2.05, 4.69) is 40.1 Å². The number of rotatable bonds is 4. The number of hydrogen-bond donors (Lipinski definition) is 3. The zero-order valence-electron chi connectivity index (χ0n) is 12.7. The van der Waals surface area contributed by atoms with E-state index in [1.54, 1.807) is 4.90 Å². The monoisotopic (exact) mass is 319 g/mol. The normalized spacial score (nSPS) is 19.9. The molecule has 0 atom stereocenters. The van der Waals surface area contributed by atoms with Gasteiger partial charge in [-0.25, -0.2) is 0 Å². The van der Waals surface area contributed by atoms with Crippen molar-refractivity contribution in [3.8, 4) is 0 Å². The standard InChI is InChI=1S/C16H22N4OS/c22-16(17-7-8-20-9-11-21-12-10-20)19-18-15-6-5-13-3-1-2-4-14(13)15/h1-4H,5-12H2,(H2,17,19,22)/p+1/b18-15-. The van der Waals surface area contributed by atoms with E-state index in [0.717, 1.165) is 57.9 Å². The molecule has 0 spiro atoms. The molecule has 1 aromatic rings. The van der Waals surface area contributed by atoms with Crippen LogP contribution in [-0.2, 0) is 11.2 Å². The van der Waals surface area contributed by atoms with Crippen molar-refractivity contribution in [2.75, 3.05) is 39.4 Å². The van der Waals surface area contributed by atoms with Gasteiger partial charge in [0.05, 0.1) is 32.0 Å². The van der Waals surface area contributed by atoms with E-state index in [4.69, 9.17) is 17.0 Å². The molecule has 118 valence electrons. The zero-order valence-corrected chi connectivity index (χ0v) is 13.5. The predicted molar refractivity (Wildman–Crippen MR) is 91.4 cm³/mol. The van der Waals surface area contributed by atoms with E-state index in [0.29, 0.717) is 5.11 Å². The molecule has 0 unspecified atom stereocenters. The average molecular weight is 319 g/mol. The van der Waals surface area contributed by atoms with E-state index in [1.807, 2.05) is 0 Å². The van der Waals surface area contributed by atoms with Crippen molar-refractivity contribution < 1.29 is 9.64 Å². The summed E-state index contributed by atoms with van der Waals surface area (Å²) in [4.78, 5) is 1.57. The molecule has 1 aliphatic heterocycles. The van der Waals surface area contributed by atoms with Gasteiger partial charge in [-0.3, -0.25) is 5.43 Å². The van der Waals surface area contributed by atoms with Gasteiger partial charge in [-0.2, -0.15) is 5.10 Å². The second-order valence-electron chi connectivity index (χ2n) is 5.70. The summed E-state index contributed by atoms with van der Waals surface area (Å²) in [6.45, 7) is 5.82. The molecule has 0 amide bonds. The van der Waals surface area contributed by atoms with Gasteiger partial charge in [-0.15, -0.1) is 0 Å². The molecular weight excluding hydrogens is 296 g/mol. The molecule has 1 saturated heterocycles. The van der Waals surface area contributed by atoms with Crippen LogP contribution in [0.15, 0.2) is 29.4 Å². The van der Waals surface area contributed by atoms with Crippen molar-refractivity contribution in [2.24, 2.45) is 5.10 Å². The van der Waals surface area contributed by atoms with Crippen LogP contribution in [0.4, 0.5) is 0 Å². The Kier molecular flexibility index (Phi) is 5.37. The Labute approximate surface area is 136 Å². The fourth-order valence-corrected chi connectivity index (χ4v) is 3.09. The van der Waals surface area contributed by atoms with Crippen molar-refractivity contribution in [2.45, 2.75) is 12.8 Å². The first-order chi connectivity index (χ1) is 10.8. The molecule has 3 rings (SSSR count). The van der Waals surface area contributed by atoms with E-state index < -0.39 is 0 Å². The highest BCUT2D eigenvalue weighted by molar-refractivity contribution is 7.80. The van der Waals surface area contributed by atoms with Crippen LogP contribution in [0.3, 0.4) is 0 Å². The molecule has 5 nitrogen and oxygen atoms in total. The Morgan fingerprint density at radius 3 is 2.91 bits per heavy atom. The number of hydrogen-bond acceptors (Lipinski definition) is 3. The fraction of sp³-hybridized carbons (Fsp3) is 0.500. The summed E-state index contributed by atoms with van der Waals surface area (Å²) < 4.78 is 5.35. The highest BCUT2D eigenvalue weighted by atomic mass is 32.1. The number of nitrogens with zero attached hydrogens (tertiary/aromatic N) is 1. The number of nitrogens with one attached hydrogen (secondary N) is 3. The van der Waals surface area contributed by atoms with Crippen LogP contribution in [-0.4, -0.2) is 50.2 Å². The molecule has 1 aromatic carbocycles. The van der Waals surface area contributed by atoms with Gasteiger partial charge < -0.3 is 15.0 Å². The lowest BCUT2D eigenvalue weighted by Crippen LogP contribution is -3.14. The predicted octanol–water partition coefficient (Wildman–Crippen LogP) is -0.284. The number of quaternary nitrogens is 1. The average Bonchev–Trinajstić information content (AvgIpc) is 2.97. The molecule has 0 aromatic heterocycles.